The van der Waals surface area contributed by atoms with Crippen molar-refractivity contribution in [3.63, 3.8) is 0 Å². The van der Waals surface area contributed by atoms with Gasteiger partial charge < -0.3 is 19.5 Å². The first-order valence-electron chi connectivity index (χ1n) is 7.07. The lowest BCUT2D eigenvalue weighted by Crippen LogP contribution is -2.04. The number of rotatable bonds is 4. The topological polar surface area (TPSA) is 69.7 Å². The summed E-state index contributed by atoms with van der Waals surface area (Å²) in [5.74, 6) is 1.67. The molecule has 1 aromatic carbocycles. The van der Waals surface area contributed by atoms with Crippen molar-refractivity contribution in [3.05, 3.63) is 40.5 Å². The Morgan fingerprint density at radius 2 is 1.79 bits per heavy atom. The Kier molecular flexibility index (Phi) is 4.31. The number of amides is 1. The normalized spacial score (nSPS) is 14.3. The van der Waals surface area contributed by atoms with E-state index < -0.39 is 0 Å². The Bertz CT molecular complexity index is 823. The van der Waals surface area contributed by atoms with Crippen LogP contribution < -0.4 is 19.5 Å². The van der Waals surface area contributed by atoms with E-state index in [9.17, 15) is 4.79 Å². The quantitative estimate of drug-likeness (QED) is 0.860. The van der Waals surface area contributed by atoms with E-state index in [0.29, 0.717) is 44.8 Å². The maximum absolute atomic E-state index is 12.3. The van der Waals surface area contributed by atoms with Gasteiger partial charge in [0.1, 0.15) is 5.82 Å². The fourth-order valence-corrected chi connectivity index (χ4v) is 2.81. The van der Waals surface area contributed by atoms with Gasteiger partial charge in [-0.2, -0.15) is 0 Å². The van der Waals surface area contributed by atoms with Crippen LogP contribution >= 0.6 is 11.6 Å². The van der Waals surface area contributed by atoms with Gasteiger partial charge in [-0.3, -0.25) is 4.79 Å². The maximum atomic E-state index is 12.3. The van der Waals surface area contributed by atoms with Crippen molar-refractivity contribution in [2.75, 3.05) is 26.6 Å². The molecule has 1 amide bonds. The molecule has 6 nitrogen and oxygen atoms in total. The second kappa shape index (κ2) is 6.41. The first-order chi connectivity index (χ1) is 11.6. The van der Waals surface area contributed by atoms with Gasteiger partial charge in [-0.05, 0) is 29.8 Å². The fourth-order valence-electron chi connectivity index (χ4n) is 2.57. The first kappa shape index (κ1) is 16.1. The van der Waals surface area contributed by atoms with Crippen molar-refractivity contribution < 1.29 is 19.0 Å². The van der Waals surface area contributed by atoms with Crippen LogP contribution in [0, 0.1) is 0 Å². The highest BCUT2D eigenvalue weighted by Gasteiger charge is 2.28. The summed E-state index contributed by atoms with van der Waals surface area (Å²) in [6.45, 7) is 0. The third-order valence-electron chi connectivity index (χ3n) is 3.64. The highest BCUT2D eigenvalue weighted by atomic mass is 35.5. The molecule has 1 aromatic heterocycles. The summed E-state index contributed by atoms with van der Waals surface area (Å²) >= 11 is 6.22. The molecule has 2 aromatic rings. The third kappa shape index (κ3) is 2.65. The van der Waals surface area contributed by atoms with Gasteiger partial charge in [-0.15, -0.1) is 0 Å². The van der Waals surface area contributed by atoms with E-state index in [1.807, 2.05) is 0 Å². The molecule has 0 fully saturated rings. The molecule has 3 rings (SSSR count). The molecule has 0 saturated carbocycles. The van der Waals surface area contributed by atoms with Crippen LogP contribution in [-0.4, -0.2) is 32.2 Å². The molecule has 1 aliphatic rings. The number of fused-ring (bicyclic) bond motifs is 1. The Morgan fingerprint density at radius 1 is 1.12 bits per heavy atom. The Hall–Kier alpha value is -2.73. The lowest BCUT2D eigenvalue weighted by Gasteiger charge is -2.13. The van der Waals surface area contributed by atoms with Crippen molar-refractivity contribution >= 4 is 35.0 Å². The van der Waals surface area contributed by atoms with Crippen LogP contribution in [0.4, 0.5) is 5.82 Å². The number of methoxy groups -OCH3 is 3. The van der Waals surface area contributed by atoms with E-state index >= 15 is 0 Å². The molecule has 124 valence electrons. The van der Waals surface area contributed by atoms with E-state index in [2.05, 4.69) is 10.3 Å². The smallest absolute Gasteiger partial charge is 0.257 e. The van der Waals surface area contributed by atoms with E-state index in [1.165, 1.54) is 21.3 Å². The molecular weight excluding hydrogens is 332 g/mol. The number of benzene rings is 1. The summed E-state index contributed by atoms with van der Waals surface area (Å²) in [5.41, 5.74) is 1.72. The highest BCUT2D eigenvalue weighted by molar-refractivity contribution is 6.41. The lowest BCUT2D eigenvalue weighted by molar-refractivity contribution is -0.110. The van der Waals surface area contributed by atoms with Crippen molar-refractivity contribution in [2.24, 2.45) is 0 Å². The average Bonchev–Trinajstić information content (AvgIpc) is 2.90. The summed E-state index contributed by atoms with van der Waals surface area (Å²) in [6, 6.07) is 5.15. The molecule has 24 heavy (non-hydrogen) atoms. The molecule has 0 bridgehead atoms. The molecule has 7 heteroatoms. The fraction of sp³-hybridized carbons (Fsp3) is 0.176. The van der Waals surface area contributed by atoms with Crippen molar-refractivity contribution in [1.82, 2.24) is 4.98 Å². The van der Waals surface area contributed by atoms with Crippen molar-refractivity contribution in [1.29, 1.82) is 0 Å². The number of anilines is 1. The number of aromatic nitrogens is 1. The molecule has 1 N–H and O–H groups in total. The van der Waals surface area contributed by atoms with Crippen LogP contribution in [0.2, 0.25) is 5.02 Å². The molecule has 0 radical (unpaired) electrons. The Labute approximate surface area is 144 Å². The Balaban J connectivity index is 2.15. The minimum atomic E-state index is -0.264. The second-order valence-corrected chi connectivity index (χ2v) is 5.39. The van der Waals surface area contributed by atoms with Gasteiger partial charge in [-0.1, -0.05) is 11.6 Å². The van der Waals surface area contributed by atoms with Gasteiger partial charge >= 0.3 is 0 Å². The molecule has 1 aliphatic heterocycles. The predicted molar refractivity (Wildman–Crippen MR) is 91.8 cm³/mol. The van der Waals surface area contributed by atoms with Crippen LogP contribution in [0.1, 0.15) is 11.1 Å². The van der Waals surface area contributed by atoms with Crippen LogP contribution in [0.25, 0.3) is 11.6 Å². The molecule has 0 aliphatic carbocycles. The minimum Gasteiger partial charge on any atom is -0.493 e. The summed E-state index contributed by atoms with van der Waals surface area (Å²) in [7, 11) is 4.60. The molecule has 0 unspecified atom stereocenters. The number of ether oxygens (including phenoxy) is 3. The monoisotopic (exact) mass is 346 g/mol. The summed E-state index contributed by atoms with van der Waals surface area (Å²) in [6.07, 6.45) is 3.25. The van der Waals surface area contributed by atoms with Gasteiger partial charge in [0.15, 0.2) is 11.5 Å². The molecular formula is C17H15ClN2O4. The number of halogens is 1. The van der Waals surface area contributed by atoms with Gasteiger partial charge in [0.2, 0.25) is 5.75 Å². The second-order valence-electron chi connectivity index (χ2n) is 4.99. The molecule has 0 saturated heterocycles. The van der Waals surface area contributed by atoms with Gasteiger partial charge in [-0.25, -0.2) is 4.98 Å². The number of nitrogens with zero attached hydrogens (tertiary/aromatic N) is 1. The van der Waals surface area contributed by atoms with Crippen LogP contribution in [0.5, 0.6) is 17.2 Å². The molecule has 2 heterocycles. The standard InChI is InChI=1S/C17H15ClN2O4/c1-22-12-7-9(8-13(23-2)15(12)24-3)6-10-14-11(18)4-5-19-16(14)20-17(10)21/h4-8H,1-3H3,(H,19,20,21). The number of hydrogen-bond acceptors (Lipinski definition) is 5. The SMILES string of the molecule is COc1cc(C=C2C(=O)Nc3nccc(Cl)c32)cc(OC)c1OC. The van der Waals surface area contributed by atoms with Gasteiger partial charge in [0.25, 0.3) is 5.91 Å². The zero-order valence-corrected chi connectivity index (χ0v) is 14.1. The van der Waals surface area contributed by atoms with E-state index in [-0.39, 0.29) is 5.91 Å². The zero-order chi connectivity index (χ0) is 17.3. The molecule has 0 spiro atoms. The summed E-state index contributed by atoms with van der Waals surface area (Å²) in [5, 5.41) is 3.15. The largest absolute Gasteiger partial charge is 0.493 e. The third-order valence-corrected chi connectivity index (χ3v) is 3.96. The molecule has 0 atom stereocenters. The van der Waals surface area contributed by atoms with Gasteiger partial charge in [0.05, 0.1) is 31.9 Å². The summed E-state index contributed by atoms with van der Waals surface area (Å²) in [4.78, 5) is 16.4. The lowest BCUT2D eigenvalue weighted by atomic mass is 10.0. The number of pyridine rings is 1. The van der Waals surface area contributed by atoms with Crippen molar-refractivity contribution in [2.45, 2.75) is 0 Å². The van der Waals surface area contributed by atoms with Crippen LogP contribution in [0.15, 0.2) is 24.4 Å². The summed E-state index contributed by atoms with van der Waals surface area (Å²) < 4.78 is 16.0. The maximum Gasteiger partial charge on any atom is 0.257 e. The average molecular weight is 347 g/mol. The van der Waals surface area contributed by atoms with Gasteiger partial charge in [0, 0.05) is 11.8 Å². The van der Waals surface area contributed by atoms with E-state index in [4.69, 9.17) is 25.8 Å². The highest BCUT2D eigenvalue weighted by Crippen LogP contribution is 2.41. The Morgan fingerprint density at radius 3 is 2.38 bits per heavy atom. The van der Waals surface area contributed by atoms with Crippen LogP contribution in [0.3, 0.4) is 0 Å². The van der Waals surface area contributed by atoms with Crippen LogP contribution in [-0.2, 0) is 4.79 Å². The number of nitrogens with one attached hydrogen (secondary N) is 1. The predicted octanol–water partition coefficient (Wildman–Crippen LogP) is 3.25. The number of hydrogen-bond donors (Lipinski definition) is 1. The van der Waals surface area contributed by atoms with E-state index in [0.717, 1.165) is 0 Å². The van der Waals surface area contributed by atoms with E-state index in [1.54, 1.807) is 30.5 Å². The minimum absolute atomic E-state index is 0.264. The number of carbonyl (C=O) groups is 1. The zero-order valence-electron chi connectivity index (χ0n) is 13.3. The first-order valence-corrected chi connectivity index (χ1v) is 7.44. The number of carbonyl (C=O) groups excluding carboxylic acids is 1. The van der Waals surface area contributed by atoms with Crippen molar-refractivity contribution in [3.8, 4) is 17.2 Å².